The van der Waals surface area contributed by atoms with E-state index in [0.717, 1.165) is 6.07 Å². The summed E-state index contributed by atoms with van der Waals surface area (Å²) in [5.41, 5.74) is -0.327. The lowest BCUT2D eigenvalue weighted by atomic mass is 10.2. The summed E-state index contributed by atoms with van der Waals surface area (Å²) < 4.78 is 12.5. The molecule has 0 atom stereocenters. The van der Waals surface area contributed by atoms with E-state index in [0.29, 0.717) is 0 Å². The van der Waals surface area contributed by atoms with Crippen LogP contribution in [-0.2, 0) is 0 Å². The van der Waals surface area contributed by atoms with Crippen molar-refractivity contribution in [2.45, 2.75) is 0 Å². The Kier molecular flexibility index (Phi) is 2.10. The Balaban J connectivity index is 3.27. The lowest BCUT2D eigenvalue weighted by Crippen LogP contribution is -2.22. The molecule has 0 fully saturated rings. The van der Waals surface area contributed by atoms with E-state index in [1.54, 1.807) is 0 Å². The maximum absolute atomic E-state index is 12.5. The van der Waals surface area contributed by atoms with Gasteiger partial charge in [-0.15, -0.1) is 0 Å². The number of carbonyl (C=O) groups excluding carboxylic acids is 1. The molecule has 0 saturated heterocycles. The van der Waals surface area contributed by atoms with Crippen molar-refractivity contribution in [1.82, 2.24) is 0 Å². The lowest BCUT2D eigenvalue weighted by molar-refractivity contribution is -0.255. The number of aromatic carboxylic acids is 1. The molecular formula is C7H3ClFO2-. The van der Waals surface area contributed by atoms with Crippen LogP contribution in [-0.4, -0.2) is 5.97 Å². The van der Waals surface area contributed by atoms with E-state index in [-0.39, 0.29) is 5.56 Å². The second kappa shape index (κ2) is 2.88. The summed E-state index contributed by atoms with van der Waals surface area (Å²) in [5.74, 6) is -2.23. The van der Waals surface area contributed by atoms with Gasteiger partial charge in [0.1, 0.15) is 5.82 Å². The zero-order valence-corrected chi connectivity index (χ0v) is 6.06. The minimum absolute atomic E-state index is 0.327. The number of carbonyl (C=O) groups is 1. The zero-order chi connectivity index (χ0) is 8.43. The number of carboxylic acid groups (broad SMARTS) is 1. The minimum Gasteiger partial charge on any atom is -0.545 e. The van der Waals surface area contributed by atoms with Gasteiger partial charge in [0.15, 0.2) is 0 Å². The Morgan fingerprint density at radius 2 is 2.18 bits per heavy atom. The van der Waals surface area contributed by atoms with Gasteiger partial charge >= 0.3 is 0 Å². The van der Waals surface area contributed by atoms with Crippen LogP contribution in [0.25, 0.3) is 0 Å². The first kappa shape index (κ1) is 8.01. The molecule has 0 aliphatic heterocycles. The number of benzene rings is 1. The molecule has 0 aliphatic rings. The molecule has 0 aromatic heterocycles. The van der Waals surface area contributed by atoms with Crippen molar-refractivity contribution in [2.24, 2.45) is 0 Å². The molecule has 0 aliphatic carbocycles. The fourth-order valence-electron chi connectivity index (χ4n) is 0.661. The largest absolute Gasteiger partial charge is 0.545 e. The zero-order valence-electron chi connectivity index (χ0n) is 5.30. The van der Waals surface area contributed by atoms with Crippen LogP contribution < -0.4 is 5.11 Å². The molecule has 0 spiro atoms. The molecule has 58 valence electrons. The van der Waals surface area contributed by atoms with Crippen LogP contribution in [0.4, 0.5) is 4.39 Å². The summed E-state index contributed by atoms with van der Waals surface area (Å²) in [6, 6.07) is 3.52. The number of halogens is 2. The molecular weight excluding hydrogens is 171 g/mol. The fraction of sp³-hybridized carbons (Fsp3) is 0. The number of hydrogen-bond acceptors (Lipinski definition) is 2. The Morgan fingerprint density at radius 1 is 1.55 bits per heavy atom. The van der Waals surface area contributed by atoms with Gasteiger partial charge in [0.05, 0.1) is 11.0 Å². The summed E-state index contributed by atoms with van der Waals surface area (Å²) in [6.45, 7) is 0. The third-order valence-electron chi connectivity index (χ3n) is 1.17. The van der Waals surface area contributed by atoms with Gasteiger partial charge in [0.2, 0.25) is 0 Å². The predicted molar refractivity (Wildman–Crippen MR) is 35.7 cm³/mol. The van der Waals surface area contributed by atoms with Gasteiger partial charge in [-0.2, -0.15) is 0 Å². The minimum atomic E-state index is -1.48. The highest BCUT2D eigenvalue weighted by atomic mass is 35.5. The summed E-state index contributed by atoms with van der Waals surface area (Å²) >= 11 is 5.29. The van der Waals surface area contributed by atoms with Gasteiger partial charge in [-0.1, -0.05) is 23.7 Å². The van der Waals surface area contributed by atoms with E-state index >= 15 is 0 Å². The van der Waals surface area contributed by atoms with Gasteiger partial charge in [0.25, 0.3) is 0 Å². The highest BCUT2D eigenvalue weighted by Gasteiger charge is 2.04. The van der Waals surface area contributed by atoms with E-state index in [1.807, 2.05) is 0 Å². The van der Waals surface area contributed by atoms with Crippen molar-refractivity contribution in [1.29, 1.82) is 0 Å². The number of hydrogen-bond donors (Lipinski definition) is 0. The highest BCUT2D eigenvalue weighted by molar-refractivity contribution is 6.33. The average Bonchev–Trinajstić information content (AvgIpc) is 1.94. The summed E-state index contributed by atoms with van der Waals surface area (Å²) in [5, 5.41) is 9.80. The average molecular weight is 174 g/mol. The normalized spacial score (nSPS) is 9.64. The number of carboxylic acids is 1. The lowest BCUT2D eigenvalue weighted by Gasteiger charge is -2.03. The molecule has 0 bridgehead atoms. The molecule has 0 unspecified atom stereocenters. The first-order chi connectivity index (χ1) is 5.13. The van der Waals surface area contributed by atoms with E-state index in [9.17, 15) is 14.3 Å². The molecule has 0 radical (unpaired) electrons. The highest BCUT2D eigenvalue weighted by Crippen LogP contribution is 2.18. The second-order valence-electron chi connectivity index (χ2n) is 1.89. The van der Waals surface area contributed by atoms with E-state index in [1.165, 1.54) is 12.1 Å². The van der Waals surface area contributed by atoms with Crippen molar-refractivity contribution in [3.63, 3.8) is 0 Å². The molecule has 0 amide bonds. The van der Waals surface area contributed by atoms with Crippen molar-refractivity contribution < 1.29 is 14.3 Å². The van der Waals surface area contributed by atoms with Crippen LogP contribution in [0.3, 0.4) is 0 Å². The Hall–Kier alpha value is -1.09. The maximum atomic E-state index is 12.5. The topological polar surface area (TPSA) is 40.1 Å². The van der Waals surface area contributed by atoms with E-state index in [2.05, 4.69) is 0 Å². The molecule has 4 heteroatoms. The SMILES string of the molecule is O=C([O-])c1cccc(F)c1Cl. The quantitative estimate of drug-likeness (QED) is 0.632. The molecule has 11 heavy (non-hydrogen) atoms. The summed E-state index contributed by atoms with van der Waals surface area (Å²) in [6.07, 6.45) is 0. The van der Waals surface area contributed by atoms with Crippen molar-refractivity contribution in [2.75, 3.05) is 0 Å². The van der Waals surface area contributed by atoms with Crippen LogP contribution in [0.5, 0.6) is 0 Å². The maximum Gasteiger partial charge on any atom is 0.142 e. The summed E-state index contributed by atoms with van der Waals surface area (Å²) in [4.78, 5) is 10.2. The molecule has 1 aromatic carbocycles. The van der Waals surface area contributed by atoms with Crippen LogP contribution in [0.2, 0.25) is 5.02 Å². The summed E-state index contributed by atoms with van der Waals surface area (Å²) in [7, 11) is 0. The molecule has 0 N–H and O–H groups in total. The molecule has 0 saturated carbocycles. The third-order valence-corrected chi connectivity index (χ3v) is 1.56. The van der Waals surface area contributed by atoms with Crippen molar-refractivity contribution >= 4 is 17.6 Å². The second-order valence-corrected chi connectivity index (χ2v) is 2.27. The predicted octanol–water partition coefficient (Wildman–Crippen LogP) is 0.843. The molecule has 1 rings (SSSR count). The van der Waals surface area contributed by atoms with Crippen molar-refractivity contribution in [3.8, 4) is 0 Å². The van der Waals surface area contributed by atoms with Gasteiger partial charge in [0, 0.05) is 5.56 Å². The van der Waals surface area contributed by atoms with Crippen LogP contribution in [0.1, 0.15) is 10.4 Å². The van der Waals surface area contributed by atoms with Crippen LogP contribution in [0.15, 0.2) is 18.2 Å². The van der Waals surface area contributed by atoms with Crippen LogP contribution >= 0.6 is 11.6 Å². The van der Waals surface area contributed by atoms with Gasteiger partial charge in [-0.3, -0.25) is 0 Å². The fourth-order valence-corrected chi connectivity index (χ4v) is 0.865. The van der Waals surface area contributed by atoms with Crippen molar-refractivity contribution in [3.05, 3.63) is 34.6 Å². The van der Waals surface area contributed by atoms with Gasteiger partial charge < -0.3 is 9.90 Å². The monoisotopic (exact) mass is 173 g/mol. The standard InChI is InChI=1S/C7H4ClFO2/c8-6-4(7(10)11)2-1-3-5(6)9/h1-3H,(H,10,11)/p-1. The first-order valence-electron chi connectivity index (χ1n) is 2.78. The Bertz CT molecular complexity index is 298. The Labute approximate surface area is 67.2 Å². The van der Waals surface area contributed by atoms with E-state index < -0.39 is 16.8 Å². The third kappa shape index (κ3) is 1.49. The van der Waals surface area contributed by atoms with Gasteiger partial charge in [-0.05, 0) is 6.07 Å². The van der Waals surface area contributed by atoms with E-state index in [4.69, 9.17) is 11.6 Å². The van der Waals surface area contributed by atoms with Gasteiger partial charge in [-0.25, -0.2) is 4.39 Å². The smallest absolute Gasteiger partial charge is 0.142 e. The molecule has 0 heterocycles. The molecule has 1 aromatic rings. The first-order valence-corrected chi connectivity index (χ1v) is 3.16. The Morgan fingerprint density at radius 3 is 2.64 bits per heavy atom. The molecule has 2 nitrogen and oxygen atoms in total. The number of rotatable bonds is 1. The van der Waals surface area contributed by atoms with Crippen LogP contribution in [0, 0.1) is 5.82 Å².